The van der Waals surface area contributed by atoms with Crippen LogP contribution in [0, 0.1) is 0 Å². The van der Waals surface area contributed by atoms with E-state index in [1.54, 1.807) is 0 Å². The fourth-order valence-corrected chi connectivity index (χ4v) is 2.36. The highest BCUT2D eigenvalue weighted by Crippen LogP contribution is 2.26. The van der Waals surface area contributed by atoms with Gasteiger partial charge in [0.05, 0.1) is 0 Å². The summed E-state index contributed by atoms with van der Waals surface area (Å²) in [7, 11) is 0. The van der Waals surface area contributed by atoms with Crippen LogP contribution in [0.5, 0.6) is 0 Å². The van der Waals surface area contributed by atoms with Gasteiger partial charge in [0, 0.05) is 24.3 Å². The van der Waals surface area contributed by atoms with Crippen molar-refractivity contribution >= 4 is 0 Å². The summed E-state index contributed by atoms with van der Waals surface area (Å²) in [6, 6.07) is 4.15. The number of nitrogens with zero attached hydrogens (tertiary/aromatic N) is 1. The molecule has 1 saturated carbocycles. The first-order chi connectivity index (χ1) is 7.33. The van der Waals surface area contributed by atoms with Gasteiger partial charge < -0.3 is 10.3 Å². The van der Waals surface area contributed by atoms with Gasteiger partial charge in [0.2, 0.25) is 0 Å². The van der Waals surface area contributed by atoms with E-state index in [1.807, 2.05) is 22.9 Å². The first kappa shape index (κ1) is 10.4. The lowest BCUT2D eigenvalue weighted by Crippen LogP contribution is -2.29. The Kier molecular flexibility index (Phi) is 3.21. The van der Waals surface area contributed by atoms with Gasteiger partial charge in [-0.25, -0.2) is 0 Å². The predicted molar refractivity (Wildman–Crippen MR) is 60.7 cm³/mol. The van der Waals surface area contributed by atoms with E-state index in [2.05, 4.69) is 0 Å². The molecule has 0 amide bonds. The van der Waals surface area contributed by atoms with Gasteiger partial charge in [-0.2, -0.15) is 0 Å². The fourth-order valence-electron chi connectivity index (χ4n) is 2.36. The molecule has 0 saturated heterocycles. The molecule has 1 heterocycles. The minimum absolute atomic E-state index is 0.104. The van der Waals surface area contributed by atoms with Crippen LogP contribution in [0.25, 0.3) is 0 Å². The van der Waals surface area contributed by atoms with Crippen LogP contribution in [-0.4, -0.2) is 4.57 Å². The van der Waals surface area contributed by atoms with E-state index in [0.29, 0.717) is 12.6 Å². The molecule has 0 bridgehead atoms. The number of rotatable bonds is 2. The van der Waals surface area contributed by atoms with Gasteiger partial charge in [0.25, 0.3) is 5.56 Å². The van der Waals surface area contributed by atoms with Crippen molar-refractivity contribution in [1.82, 2.24) is 4.57 Å². The van der Waals surface area contributed by atoms with Crippen molar-refractivity contribution in [1.29, 1.82) is 0 Å². The zero-order valence-electron chi connectivity index (χ0n) is 8.98. The summed E-state index contributed by atoms with van der Waals surface area (Å²) < 4.78 is 1.88. The zero-order valence-corrected chi connectivity index (χ0v) is 8.98. The standard InChI is InChI=1S/C12H18N2O/c13-9-10-5-4-8-14(12(10)15)11-6-2-1-3-7-11/h4-5,8,11H,1-3,6-7,9,13H2. The van der Waals surface area contributed by atoms with Crippen LogP contribution in [0.15, 0.2) is 23.1 Å². The normalized spacial score (nSPS) is 17.9. The van der Waals surface area contributed by atoms with Crippen LogP contribution in [0.4, 0.5) is 0 Å². The van der Waals surface area contributed by atoms with Gasteiger partial charge in [-0.15, -0.1) is 0 Å². The lowest BCUT2D eigenvalue weighted by atomic mass is 9.95. The van der Waals surface area contributed by atoms with Gasteiger partial charge in [-0.1, -0.05) is 25.3 Å². The molecule has 0 spiro atoms. The number of pyridine rings is 1. The summed E-state index contributed by atoms with van der Waals surface area (Å²) in [6.45, 7) is 0.340. The molecule has 2 rings (SSSR count). The van der Waals surface area contributed by atoms with Crippen LogP contribution in [0.1, 0.15) is 43.7 Å². The molecule has 0 aliphatic heterocycles. The average Bonchev–Trinajstić information content (AvgIpc) is 2.30. The minimum atomic E-state index is 0.104. The van der Waals surface area contributed by atoms with Crippen molar-refractivity contribution in [3.63, 3.8) is 0 Å². The number of hydrogen-bond donors (Lipinski definition) is 1. The third kappa shape index (κ3) is 2.12. The van der Waals surface area contributed by atoms with E-state index in [-0.39, 0.29) is 5.56 Å². The molecule has 1 aromatic heterocycles. The number of aromatic nitrogens is 1. The first-order valence-electron chi connectivity index (χ1n) is 5.73. The molecule has 1 aliphatic rings. The van der Waals surface area contributed by atoms with E-state index in [4.69, 9.17) is 5.73 Å². The predicted octanol–water partition coefficient (Wildman–Crippen LogP) is 1.81. The lowest BCUT2D eigenvalue weighted by molar-refractivity contribution is 0.345. The molecule has 15 heavy (non-hydrogen) atoms. The Bertz CT molecular complexity index is 377. The quantitative estimate of drug-likeness (QED) is 0.802. The molecule has 1 aliphatic carbocycles. The Morgan fingerprint density at radius 1 is 1.33 bits per heavy atom. The summed E-state index contributed by atoms with van der Waals surface area (Å²) in [5.41, 5.74) is 6.36. The molecule has 1 fully saturated rings. The van der Waals surface area contributed by atoms with Crippen LogP contribution < -0.4 is 11.3 Å². The van der Waals surface area contributed by atoms with Crippen molar-refractivity contribution in [2.45, 2.75) is 44.7 Å². The molecule has 2 N–H and O–H groups in total. The van der Waals surface area contributed by atoms with Crippen LogP contribution in [0.3, 0.4) is 0 Å². The lowest BCUT2D eigenvalue weighted by Gasteiger charge is -2.24. The molecule has 3 nitrogen and oxygen atoms in total. The number of hydrogen-bond acceptors (Lipinski definition) is 2. The van der Waals surface area contributed by atoms with Gasteiger partial charge in [0.15, 0.2) is 0 Å². The molecule has 1 aromatic rings. The van der Waals surface area contributed by atoms with Crippen molar-refractivity contribution < 1.29 is 0 Å². The van der Waals surface area contributed by atoms with Crippen molar-refractivity contribution in [3.05, 3.63) is 34.2 Å². The van der Waals surface area contributed by atoms with E-state index in [0.717, 1.165) is 18.4 Å². The molecule has 0 radical (unpaired) electrons. The Labute approximate surface area is 89.9 Å². The average molecular weight is 206 g/mol. The maximum atomic E-state index is 12.0. The maximum absolute atomic E-state index is 12.0. The summed E-state index contributed by atoms with van der Waals surface area (Å²) >= 11 is 0. The van der Waals surface area contributed by atoms with Gasteiger partial charge >= 0.3 is 0 Å². The Balaban J connectivity index is 2.30. The summed E-state index contributed by atoms with van der Waals surface area (Å²) in [6.07, 6.45) is 7.95. The fraction of sp³-hybridized carbons (Fsp3) is 0.583. The smallest absolute Gasteiger partial charge is 0.255 e. The van der Waals surface area contributed by atoms with Gasteiger partial charge in [0.1, 0.15) is 0 Å². The highest BCUT2D eigenvalue weighted by atomic mass is 16.1. The van der Waals surface area contributed by atoms with Crippen molar-refractivity contribution in [2.24, 2.45) is 5.73 Å². The third-order valence-corrected chi connectivity index (χ3v) is 3.24. The van der Waals surface area contributed by atoms with Gasteiger partial charge in [-0.3, -0.25) is 4.79 Å². The topological polar surface area (TPSA) is 48.0 Å². The molecular formula is C12H18N2O. The Morgan fingerprint density at radius 3 is 2.73 bits per heavy atom. The van der Waals surface area contributed by atoms with Crippen LogP contribution in [0.2, 0.25) is 0 Å². The third-order valence-electron chi connectivity index (χ3n) is 3.24. The van der Waals surface area contributed by atoms with E-state index in [9.17, 15) is 4.79 Å². The molecule has 3 heteroatoms. The maximum Gasteiger partial charge on any atom is 0.255 e. The van der Waals surface area contributed by atoms with Crippen molar-refractivity contribution in [3.8, 4) is 0 Å². The second-order valence-electron chi connectivity index (χ2n) is 4.24. The second-order valence-corrected chi connectivity index (χ2v) is 4.24. The monoisotopic (exact) mass is 206 g/mol. The summed E-state index contributed by atoms with van der Waals surface area (Å²) in [5, 5.41) is 0. The highest BCUT2D eigenvalue weighted by molar-refractivity contribution is 5.10. The van der Waals surface area contributed by atoms with E-state index >= 15 is 0 Å². The minimum Gasteiger partial charge on any atom is -0.326 e. The van der Waals surface area contributed by atoms with Gasteiger partial charge in [-0.05, 0) is 18.9 Å². The zero-order chi connectivity index (χ0) is 10.7. The number of nitrogens with two attached hydrogens (primary N) is 1. The van der Waals surface area contributed by atoms with Crippen LogP contribution in [-0.2, 0) is 6.54 Å². The molecule has 82 valence electrons. The van der Waals surface area contributed by atoms with E-state index < -0.39 is 0 Å². The molecular weight excluding hydrogens is 188 g/mol. The second kappa shape index (κ2) is 4.62. The first-order valence-corrected chi connectivity index (χ1v) is 5.73. The largest absolute Gasteiger partial charge is 0.326 e. The Morgan fingerprint density at radius 2 is 2.07 bits per heavy atom. The van der Waals surface area contributed by atoms with Crippen molar-refractivity contribution in [2.75, 3.05) is 0 Å². The Hall–Kier alpha value is -1.09. The molecule has 0 unspecified atom stereocenters. The SMILES string of the molecule is NCc1cccn(C2CCCCC2)c1=O. The highest BCUT2D eigenvalue weighted by Gasteiger charge is 2.16. The van der Waals surface area contributed by atoms with Crippen LogP contribution >= 0.6 is 0 Å². The summed E-state index contributed by atoms with van der Waals surface area (Å²) in [4.78, 5) is 12.0. The molecule has 0 atom stereocenters. The summed E-state index contributed by atoms with van der Waals surface area (Å²) in [5.74, 6) is 0. The molecule has 0 aromatic carbocycles. The van der Waals surface area contributed by atoms with E-state index in [1.165, 1.54) is 19.3 Å².